The molecule has 0 aromatic carbocycles. The summed E-state index contributed by atoms with van der Waals surface area (Å²) in [5, 5.41) is 11.9. The molecule has 1 rings (SSSR count). The van der Waals surface area contributed by atoms with Crippen LogP contribution in [0.5, 0.6) is 0 Å². The van der Waals surface area contributed by atoms with Gasteiger partial charge in [0.2, 0.25) is 0 Å². The fraction of sp³-hybridized carbons (Fsp3) is 0.750. The molecule has 0 saturated carbocycles. The van der Waals surface area contributed by atoms with Crippen molar-refractivity contribution >= 4 is 5.78 Å². The molecule has 1 aliphatic rings. The largest absolute Gasteiger partial charge is 0.300 e. The van der Waals surface area contributed by atoms with E-state index in [0.717, 1.165) is 0 Å². The molecule has 15 heavy (non-hydrogen) atoms. The molecule has 1 fully saturated rings. The van der Waals surface area contributed by atoms with Crippen LogP contribution >= 0.6 is 0 Å². The molecule has 0 aliphatic carbocycles. The summed E-state index contributed by atoms with van der Waals surface area (Å²) >= 11 is 0. The Morgan fingerprint density at radius 3 is 2.00 bits per heavy atom. The minimum atomic E-state index is -0.942. The fourth-order valence-corrected chi connectivity index (χ4v) is 2.81. The Labute approximate surface area is 91.8 Å². The van der Waals surface area contributed by atoms with Crippen LogP contribution in [0.4, 0.5) is 0 Å². The van der Waals surface area contributed by atoms with E-state index < -0.39 is 6.23 Å². The Balaban J connectivity index is 3.07. The first-order chi connectivity index (χ1) is 6.70. The molecule has 1 radical (unpaired) electrons. The number of rotatable bonds is 2. The summed E-state index contributed by atoms with van der Waals surface area (Å²) in [5.74, 6) is 0.234. The van der Waals surface area contributed by atoms with Crippen molar-refractivity contribution in [1.29, 1.82) is 0 Å². The first-order valence-electron chi connectivity index (χ1n) is 5.30. The molecule has 1 aliphatic heterocycles. The van der Waals surface area contributed by atoms with E-state index in [4.69, 9.17) is 0 Å². The van der Waals surface area contributed by atoms with E-state index in [-0.39, 0.29) is 16.9 Å². The zero-order valence-corrected chi connectivity index (χ0v) is 10.0. The van der Waals surface area contributed by atoms with Gasteiger partial charge in [-0.2, -0.15) is 0 Å². The van der Waals surface area contributed by atoms with Crippen LogP contribution in [0.2, 0.25) is 0 Å². The van der Waals surface area contributed by atoms with Gasteiger partial charge >= 0.3 is 0 Å². The van der Waals surface area contributed by atoms with Gasteiger partial charge < -0.3 is 0 Å². The van der Waals surface area contributed by atoms with Crippen molar-refractivity contribution < 1.29 is 9.90 Å². The number of ketones is 1. The third kappa shape index (κ3) is 2.29. The molecule has 1 saturated heterocycles. The number of piperidine rings is 1. The van der Waals surface area contributed by atoms with Crippen LogP contribution in [-0.4, -0.2) is 28.0 Å². The van der Waals surface area contributed by atoms with Crippen LogP contribution in [0, 0.1) is 0 Å². The number of hydrogen-bond acceptors (Lipinski definition) is 2. The Morgan fingerprint density at radius 1 is 1.27 bits per heavy atom. The number of Topliss-reactive ketones (excluding diaryl/α,β-unsaturated/α-hetero) is 1. The van der Waals surface area contributed by atoms with Crippen LogP contribution in [0.15, 0.2) is 12.7 Å². The summed E-state index contributed by atoms with van der Waals surface area (Å²) in [6.07, 6.45) is 1.36. The standard InChI is InChI=1S/C12H20NO2/c1-6-10(15)13-11(2,3)7-9(14)8-12(13,4)5/h6,10H,1,7-8H2,2-5H3. The van der Waals surface area contributed by atoms with Gasteiger partial charge in [0, 0.05) is 23.9 Å². The van der Waals surface area contributed by atoms with Crippen LogP contribution in [0.25, 0.3) is 0 Å². The maximum atomic E-state index is 11.9. The molecule has 0 aromatic heterocycles. The second-order valence-electron chi connectivity index (χ2n) is 5.51. The highest BCUT2D eigenvalue weighted by Gasteiger charge is 2.47. The predicted octanol–water partition coefficient (Wildman–Crippen LogP) is 2.15. The van der Waals surface area contributed by atoms with Gasteiger partial charge in [-0.1, -0.05) is 6.58 Å². The Kier molecular flexibility index (Phi) is 3.08. The minimum Gasteiger partial charge on any atom is -0.300 e. The molecule has 3 nitrogen and oxygen atoms in total. The lowest BCUT2D eigenvalue weighted by molar-refractivity contribution is -0.157. The monoisotopic (exact) mass is 210 g/mol. The van der Waals surface area contributed by atoms with Gasteiger partial charge in [-0.3, -0.25) is 9.69 Å². The zero-order chi connectivity index (χ0) is 11.9. The molecule has 85 valence electrons. The van der Waals surface area contributed by atoms with Crippen molar-refractivity contribution in [2.75, 3.05) is 0 Å². The van der Waals surface area contributed by atoms with E-state index in [9.17, 15) is 9.90 Å². The van der Waals surface area contributed by atoms with Gasteiger partial charge in [-0.05, 0) is 33.8 Å². The Morgan fingerprint density at radius 2 is 1.67 bits per heavy atom. The van der Waals surface area contributed by atoms with Gasteiger partial charge in [0.15, 0.2) is 6.23 Å². The first-order valence-corrected chi connectivity index (χ1v) is 5.30. The van der Waals surface area contributed by atoms with Crippen LogP contribution in [0.1, 0.15) is 40.5 Å². The average Bonchev–Trinajstić information content (AvgIpc) is 1.97. The van der Waals surface area contributed by atoms with Crippen molar-refractivity contribution in [2.45, 2.75) is 57.8 Å². The van der Waals surface area contributed by atoms with Crippen LogP contribution in [-0.2, 0) is 9.90 Å². The minimum absolute atomic E-state index is 0.234. The molecule has 1 heterocycles. The van der Waals surface area contributed by atoms with Crippen molar-refractivity contribution in [1.82, 2.24) is 4.90 Å². The Bertz CT molecular complexity index is 261. The summed E-state index contributed by atoms with van der Waals surface area (Å²) in [6, 6.07) is 0. The molecule has 0 spiro atoms. The number of nitrogens with zero attached hydrogens (tertiary/aromatic N) is 1. The fourth-order valence-electron chi connectivity index (χ4n) is 2.81. The molecule has 0 aromatic rings. The van der Waals surface area contributed by atoms with Crippen molar-refractivity contribution in [3.63, 3.8) is 0 Å². The van der Waals surface area contributed by atoms with Gasteiger partial charge in [-0.25, -0.2) is 5.11 Å². The second-order valence-corrected chi connectivity index (χ2v) is 5.51. The lowest BCUT2D eigenvalue weighted by Crippen LogP contribution is -2.63. The highest BCUT2D eigenvalue weighted by atomic mass is 16.3. The van der Waals surface area contributed by atoms with E-state index in [1.807, 2.05) is 32.6 Å². The number of carbonyl (C=O) groups excluding carboxylic acids is 1. The van der Waals surface area contributed by atoms with Crippen LogP contribution < -0.4 is 0 Å². The van der Waals surface area contributed by atoms with Crippen molar-refractivity contribution in [3.8, 4) is 0 Å². The smallest absolute Gasteiger partial charge is 0.165 e. The average molecular weight is 210 g/mol. The molecule has 3 heteroatoms. The Hall–Kier alpha value is -0.670. The van der Waals surface area contributed by atoms with E-state index in [1.165, 1.54) is 6.08 Å². The topological polar surface area (TPSA) is 40.2 Å². The first kappa shape index (κ1) is 12.4. The lowest BCUT2D eigenvalue weighted by atomic mass is 9.79. The van der Waals surface area contributed by atoms with E-state index >= 15 is 0 Å². The van der Waals surface area contributed by atoms with Gasteiger partial charge in [0.1, 0.15) is 5.78 Å². The summed E-state index contributed by atoms with van der Waals surface area (Å²) in [4.78, 5) is 13.5. The molecule has 0 N–H and O–H groups in total. The van der Waals surface area contributed by atoms with Gasteiger partial charge in [-0.15, -0.1) is 0 Å². The number of likely N-dealkylation sites (tertiary alicyclic amines) is 1. The SMILES string of the molecule is C=CC([O])N1C(C)(C)CC(=O)CC1(C)C. The molecular weight excluding hydrogens is 190 g/mol. The van der Waals surface area contributed by atoms with Gasteiger partial charge in [0.05, 0.1) is 0 Å². The van der Waals surface area contributed by atoms with E-state index in [0.29, 0.717) is 12.8 Å². The maximum absolute atomic E-state index is 11.9. The third-order valence-corrected chi connectivity index (χ3v) is 3.02. The molecule has 0 bridgehead atoms. The van der Waals surface area contributed by atoms with E-state index in [2.05, 4.69) is 6.58 Å². The van der Waals surface area contributed by atoms with Crippen molar-refractivity contribution in [2.24, 2.45) is 0 Å². The predicted molar refractivity (Wildman–Crippen MR) is 58.9 cm³/mol. The highest BCUT2D eigenvalue weighted by Crippen LogP contribution is 2.37. The summed E-state index contributed by atoms with van der Waals surface area (Å²) < 4.78 is 0. The van der Waals surface area contributed by atoms with Crippen LogP contribution in [0.3, 0.4) is 0 Å². The normalized spacial score (nSPS) is 27.4. The van der Waals surface area contributed by atoms with E-state index in [1.54, 1.807) is 0 Å². The summed E-state index contributed by atoms with van der Waals surface area (Å²) in [5.41, 5.74) is -0.751. The summed E-state index contributed by atoms with van der Waals surface area (Å²) in [7, 11) is 0. The van der Waals surface area contributed by atoms with Gasteiger partial charge in [0.25, 0.3) is 0 Å². The quantitative estimate of drug-likeness (QED) is 0.655. The molecular formula is C12H20NO2. The molecule has 1 unspecified atom stereocenters. The molecule has 1 atom stereocenters. The highest BCUT2D eigenvalue weighted by molar-refractivity contribution is 5.81. The molecule has 0 amide bonds. The number of hydrogen-bond donors (Lipinski definition) is 0. The van der Waals surface area contributed by atoms with Crippen molar-refractivity contribution in [3.05, 3.63) is 12.7 Å². The summed E-state index contributed by atoms with van der Waals surface area (Å²) in [6.45, 7) is 11.3. The maximum Gasteiger partial charge on any atom is 0.165 e. The lowest BCUT2D eigenvalue weighted by Gasteiger charge is -2.52. The number of carbonyl (C=O) groups is 1. The zero-order valence-electron chi connectivity index (χ0n) is 10.0. The third-order valence-electron chi connectivity index (χ3n) is 3.02. The second kappa shape index (κ2) is 3.72.